The standard InChI is InChI=1S/C13H13ClN2O3S/c1-2-15-11(17)12(18)16(13(15)19)7-8-20-10-5-3-9(14)4-6-10/h3-6H,2,7-8H2,1H3. The van der Waals surface area contributed by atoms with Crippen LogP contribution >= 0.6 is 23.4 Å². The molecule has 0 saturated carbocycles. The average Bonchev–Trinajstić information content (AvgIpc) is 2.64. The first-order valence-corrected chi connectivity index (χ1v) is 7.46. The van der Waals surface area contributed by atoms with Gasteiger partial charge in [0.2, 0.25) is 0 Å². The Hall–Kier alpha value is -1.53. The summed E-state index contributed by atoms with van der Waals surface area (Å²) < 4.78 is 0. The van der Waals surface area contributed by atoms with E-state index in [4.69, 9.17) is 11.6 Å². The second-order valence-corrected chi connectivity index (χ2v) is 5.70. The van der Waals surface area contributed by atoms with E-state index in [2.05, 4.69) is 0 Å². The molecule has 0 atom stereocenters. The summed E-state index contributed by atoms with van der Waals surface area (Å²) in [6.45, 7) is 2.09. The van der Waals surface area contributed by atoms with E-state index >= 15 is 0 Å². The summed E-state index contributed by atoms with van der Waals surface area (Å²) in [5.41, 5.74) is 0. The van der Waals surface area contributed by atoms with Crippen LogP contribution < -0.4 is 0 Å². The Bertz CT molecular complexity index is 547. The van der Waals surface area contributed by atoms with Crippen LogP contribution in [0.15, 0.2) is 29.2 Å². The molecule has 0 spiro atoms. The van der Waals surface area contributed by atoms with E-state index in [1.54, 1.807) is 19.1 Å². The number of hydrogen-bond donors (Lipinski definition) is 0. The molecule has 0 radical (unpaired) electrons. The molecule has 5 nitrogen and oxygen atoms in total. The maximum absolute atomic E-state index is 11.8. The van der Waals surface area contributed by atoms with Crippen molar-refractivity contribution in [1.82, 2.24) is 9.80 Å². The molecule has 0 unspecified atom stereocenters. The highest BCUT2D eigenvalue weighted by atomic mass is 35.5. The zero-order valence-electron chi connectivity index (χ0n) is 10.8. The fraction of sp³-hybridized carbons (Fsp3) is 0.308. The van der Waals surface area contributed by atoms with Crippen LogP contribution in [-0.2, 0) is 9.59 Å². The number of halogens is 1. The monoisotopic (exact) mass is 312 g/mol. The quantitative estimate of drug-likeness (QED) is 0.475. The van der Waals surface area contributed by atoms with E-state index in [9.17, 15) is 14.4 Å². The lowest BCUT2D eigenvalue weighted by Crippen LogP contribution is -2.34. The molecule has 0 N–H and O–H groups in total. The first-order chi connectivity index (χ1) is 9.54. The zero-order chi connectivity index (χ0) is 14.7. The van der Waals surface area contributed by atoms with Crippen molar-refractivity contribution in [1.29, 1.82) is 0 Å². The molecule has 106 valence electrons. The van der Waals surface area contributed by atoms with Gasteiger partial charge in [0.25, 0.3) is 0 Å². The van der Waals surface area contributed by atoms with E-state index in [1.807, 2.05) is 12.1 Å². The number of amides is 4. The van der Waals surface area contributed by atoms with Gasteiger partial charge in [0.05, 0.1) is 0 Å². The summed E-state index contributed by atoms with van der Waals surface area (Å²) in [6.07, 6.45) is 0. The van der Waals surface area contributed by atoms with E-state index in [0.29, 0.717) is 10.8 Å². The van der Waals surface area contributed by atoms with Gasteiger partial charge in [-0.2, -0.15) is 0 Å². The summed E-state index contributed by atoms with van der Waals surface area (Å²) in [6, 6.07) is 6.75. The van der Waals surface area contributed by atoms with Crippen LogP contribution in [0.1, 0.15) is 6.92 Å². The first kappa shape index (κ1) is 14.9. The minimum absolute atomic E-state index is 0.213. The first-order valence-electron chi connectivity index (χ1n) is 6.10. The van der Waals surface area contributed by atoms with Gasteiger partial charge < -0.3 is 0 Å². The molecule has 1 aliphatic heterocycles. The smallest absolute Gasteiger partial charge is 0.263 e. The third-order valence-electron chi connectivity index (χ3n) is 2.85. The predicted octanol–water partition coefficient (Wildman–Crippen LogP) is 2.24. The third-order valence-corrected chi connectivity index (χ3v) is 4.09. The van der Waals surface area contributed by atoms with E-state index in [0.717, 1.165) is 14.7 Å². The van der Waals surface area contributed by atoms with Crippen molar-refractivity contribution >= 4 is 41.2 Å². The topological polar surface area (TPSA) is 57.7 Å². The number of benzene rings is 1. The fourth-order valence-electron chi connectivity index (χ4n) is 1.81. The molecule has 4 amide bonds. The van der Waals surface area contributed by atoms with Crippen molar-refractivity contribution in [3.63, 3.8) is 0 Å². The summed E-state index contributed by atoms with van der Waals surface area (Å²) in [4.78, 5) is 37.9. The van der Waals surface area contributed by atoms with Crippen molar-refractivity contribution in [2.45, 2.75) is 11.8 Å². The Morgan fingerprint density at radius 3 is 2.20 bits per heavy atom. The maximum Gasteiger partial charge on any atom is 0.334 e. The Morgan fingerprint density at radius 1 is 1.05 bits per heavy atom. The van der Waals surface area contributed by atoms with Crippen LogP contribution in [0.3, 0.4) is 0 Å². The van der Waals surface area contributed by atoms with Gasteiger partial charge in [0.1, 0.15) is 0 Å². The van der Waals surface area contributed by atoms with Crippen LogP contribution in [0, 0.1) is 0 Å². The number of imide groups is 2. The average molecular weight is 313 g/mol. The number of thioether (sulfide) groups is 1. The molecule has 0 aromatic heterocycles. The zero-order valence-corrected chi connectivity index (χ0v) is 12.4. The molecule has 2 rings (SSSR count). The summed E-state index contributed by atoms with van der Waals surface area (Å²) >= 11 is 7.28. The Balaban J connectivity index is 1.91. The summed E-state index contributed by atoms with van der Waals surface area (Å²) in [7, 11) is 0. The van der Waals surface area contributed by atoms with Gasteiger partial charge >= 0.3 is 17.8 Å². The molecule has 0 bridgehead atoms. The van der Waals surface area contributed by atoms with Gasteiger partial charge in [-0.3, -0.25) is 19.4 Å². The minimum atomic E-state index is -0.742. The third kappa shape index (κ3) is 2.96. The van der Waals surface area contributed by atoms with Crippen molar-refractivity contribution < 1.29 is 14.4 Å². The molecule has 1 aliphatic rings. The number of urea groups is 1. The molecule has 7 heteroatoms. The lowest BCUT2D eigenvalue weighted by atomic mass is 10.4. The lowest BCUT2D eigenvalue weighted by molar-refractivity contribution is -0.143. The maximum atomic E-state index is 11.8. The molecule has 1 saturated heterocycles. The number of carbonyl (C=O) groups excluding carboxylic acids is 3. The van der Waals surface area contributed by atoms with Crippen LogP contribution in [0.5, 0.6) is 0 Å². The minimum Gasteiger partial charge on any atom is -0.263 e. The molecular weight excluding hydrogens is 300 g/mol. The molecule has 1 aromatic carbocycles. The van der Waals surface area contributed by atoms with Crippen molar-refractivity contribution in [2.24, 2.45) is 0 Å². The highest BCUT2D eigenvalue weighted by molar-refractivity contribution is 7.99. The largest absolute Gasteiger partial charge is 0.334 e. The second-order valence-electron chi connectivity index (χ2n) is 4.09. The van der Waals surface area contributed by atoms with E-state index < -0.39 is 17.8 Å². The molecule has 20 heavy (non-hydrogen) atoms. The van der Waals surface area contributed by atoms with Gasteiger partial charge in [0.15, 0.2) is 0 Å². The highest BCUT2D eigenvalue weighted by Gasteiger charge is 2.42. The van der Waals surface area contributed by atoms with Gasteiger partial charge in [-0.05, 0) is 31.2 Å². The van der Waals surface area contributed by atoms with Crippen LogP contribution in [0.25, 0.3) is 0 Å². The Kier molecular flexibility index (Phi) is 4.67. The highest BCUT2D eigenvalue weighted by Crippen LogP contribution is 2.21. The number of rotatable bonds is 5. The Morgan fingerprint density at radius 2 is 1.65 bits per heavy atom. The molecular formula is C13H13ClN2O3S. The fourth-order valence-corrected chi connectivity index (χ4v) is 2.78. The van der Waals surface area contributed by atoms with Crippen molar-refractivity contribution in [3.05, 3.63) is 29.3 Å². The SMILES string of the molecule is CCN1C(=O)C(=O)N(CCSc2ccc(Cl)cc2)C1=O. The summed E-state index contributed by atoms with van der Waals surface area (Å²) in [5, 5.41) is 0.656. The molecule has 0 aliphatic carbocycles. The van der Waals surface area contributed by atoms with E-state index in [1.165, 1.54) is 11.8 Å². The number of nitrogens with zero attached hydrogens (tertiary/aromatic N) is 2. The molecule has 1 aromatic rings. The van der Waals surface area contributed by atoms with Gasteiger partial charge in [-0.15, -0.1) is 11.8 Å². The predicted molar refractivity (Wildman–Crippen MR) is 76.7 cm³/mol. The number of hydrogen-bond acceptors (Lipinski definition) is 4. The van der Waals surface area contributed by atoms with Gasteiger partial charge in [-0.25, -0.2) is 4.79 Å². The molecule has 1 heterocycles. The normalized spacial score (nSPS) is 15.4. The van der Waals surface area contributed by atoms with Gasteiger partial charge in [-0.1, -0.05) is 11.6 Å². The number of carbonyl (C=O) groups is 3. The second kappa shape index (κ2) is 6.28. The van der Waals surface area contributed by atoms with Crippen LogP contribution in [0.4, 0.5) is 4.79 Å². The van der Waals surface area contributed by atoms with Crippen molar-refractivity contribution in [2.75, 3.05) is 18.8 Å². The van der Waals surface area contributed by atoms with Crippen LogP contribution in [-0.4, -0.2) is 46.5 Å². The van der Waals surface area contributed by atoms with Crippen LogP contribution in [0.2, 0.25) is 5.02 Å². The number of likely N-dealkylation sites (N-methyl/N-ethyl adjacent to an activating group) is 1. The van der Waals surface area contributed by atoms with Crippen molar-refractivity contribution in [3.8, 4) is 0 Å². The lowest BCUT2D eigenvalue weighted by Gasteiger charge is -2.13. The van der Waals surface area contributed by atoms with E-state index in [-0.39, 0.29) is 13.1 Å². The molecule has 1 fully saturated rings. The van der Waals surface area contributed by atoms with Gasteiger partial charge in [0, 0.05) is 28.8 Å². The Labute approximate surface area is 125 Å². The summed E-state index contributed by atoms with van der Waals surface area (Å²) in [5.74, 6) is -0.952.